The lowest BCUT2D eigenvalue weighted by Gasteiger charge is -2.39. The van der Waals surface area contributed by atoms with Crippen LogP contribution in [-0.4, -0.2) is 12.2 Å². The van der Waals surface area contributed by atoms with Crippen LogP contribution in [0.1, 0.15) is 50.8 Å². The van der Waals surface area contributed by atoms with Gasteiger partial charge in [-0.05, 0) is 43.9 Å². The van der Waals surface area contributed by atoms with E-state index in [4.69, 9.17) is 10.6 Å². The van der Waals surface area contributed by atoms with Crippen molar-refractivity contribution < 1.29 is 9.13 Å². The van der Waals surface area contributed by atoms with Gasteiger partial charge in [0.25, 0.3) is 0 Å². The quantitative estimate of drug-likeness (QED) is 0.589. The first-order chi connectivity index (χ1) is 9.04. The van der Waals surface area contributed by atoms with Gasteiger partial charge in [0.2, 0.25) is 0 Å². The maximum atomic E-state index is 13.4. The fraction of sp³-hybridized carbons (Fsp3) is 0.600. The highest BCUT2D eigenvalue weighted by atomic mass is 19.1. The lowest BCUT2D eigenvalue weighted by Crippen LogP contribution is -2.48. The van der Waals surface area contributed by atoms with E-state index >= 15 is 0 Å². The summed E-state index contributed by atoms with van der Waals surface area (Å²) in [6.45, 7) is 8.52. The first-order valence-electron chi connectivity index (χ1n) is 6.90. The minimum atomic E-state index is -0.367. The van der Waals surface area contributed by atoms with Gasteiger partial charge >= 0.3 is 0 Å². The third-order valence-electron chi connectivity index (χ3n) is 3.84. The summed E-state index contributed by atoms with van der Waals surface area (Å²) in [6.07, 6.45) is 1.67. The van der Waals surface area contributed by atoms with Gasteiger partial charge in [0, 0.05) is 6.61 Å². The van der Waals surface area contributed by atoms with Crippen LogP contribution in [0.25, 0.3) is 0 Å². The number of hydrogen-bond acceptors (Lipinski definition) is 3. The predicted molar refractivity (Wildman–Crippen MR) is 76.1 cm³/mol. The Hall–Kier alpha value is -0.970. The smallest absolute Gasteiger partial charge is 0.126 e. The maximum Gasteiger partial charge on any atom is 0.126 e. The maximum absolute atomic E-state index is 13.4. The lowest BCUT2D eigenvalue weighted by atomic mass is 9.83. The summed E-state index contributed by atoms with van der Waals surface area (Å²) in [7, 11) is 0. The third kappa shape index (κ3) is 3.32. The molecule has 0 aliphatic carbocycles. The SMILES string of the molecule is CCOC(CC)(CC)C(NN)c1ccc(F)c(C)c1. The number of rotatable bonds is 7. The number of nitrogens with one attached hydrogen (secondary N) is 1. The zero-order valence-corrected chi connectivity index (χ0v) is 12.3. The molecule has 19 heavy (non-hydrogen) atoms. The first kappa shape index (κ1) is 16.1. The third-order valence-corrected chi connectivity index (χ3v) is 3.84. The molecule has 0 heterocycles. The Labute approximate surface area is 115 Å². The summed E-state index contributed by atoms with van der Waals surface area (Å²) in [6, 6.07) is 4.93. The van der Waals surface area contributed by atoms with E-state index in [2.05, 4.69) is 19.3 Å². The van der Waals surface area contributed by atoms with Crippen LogP contribution >= 0.6 is 0 Å². The molecule has 1 unspecified atom stereocenters. The summed E-state index contributed by atoms with van der Waals surface area (Å²) < 4.78 is 19.4. The molecule has 0 aliphatic heterocycles. The second kappa shape index (κ2) is 6.98. The Morgan fingerprint density at radius 1 is 1.32 bits per heavy atom. The van der Waals surface area contributed by atoms with Gasteiger partial charge in [-0.1, -0.05) is 26.0 Å². The van der Waals surface area contributed by atoms with E-state index < -0.39 is 0 Å². The predicted octanol–water partition coefficient (Wildman–Crippen LogP) is 3.23. The summed E-state index contributed by atoms with van der Waals surface area (Å²) in [5.41, 5.74) is 4.06. The highest BCUT2D eigenvalue weighted by Crippen LogP contribution is 2.35. The number of hydrazine groups is 1. The molecule has 0 fully saturated rings. The van der Waals surface area contributed by atoms with E-state index in [0.29, 0.717) is 12.2 Å². The molecule has 0 bridgehead atoms. The van der Waals surface area contributed by atoms with Crippen molar-refractivity contribution in [1.29, 1.82) is 0 Å². The molecule has 0 radical (unpaired) electrons. The van der Waals surface area contributed by atoms with Gasteiger partial charge in [0.1, 0.15) is 5.82 Å². The molecule has 1 atom stereocenters. The van der Waals surface area contributed by atoms with Crippen molar-refractivity contribution in [1.82, 2.24) is 5.43 Å². The summed E-state index contributed by atoms with van der Waals surface area (Å²) in [5, 5.41) is 0. The van der Waals surface area contributed by atoms with Crippen LogP contribution in [0.5, 0.6) is 0 Å². The molecule has 0 aromatic heterocycles. The Balaban J connectivity index is 3.18. The van der Waals surface area contributed by atoms with E-state index in [1.165, 1.54) is 6.07 Å². The molecule has 4 heteroatoms. The van der Waals surface area contributed by atoms with E-state index in [1.807, 2.05) is 13.0 Å². The molecule has 1 aromatic carbocycles. The number of halogens is 1. The molecule has 0 aliphatic rings. The molecule has 0 amide bonds. The Bertz CT molecular complexity index is 405. The number of nitrogens with two attached hydrogens (primary N) is 1. The van der Waals surface area contributed by atoms with Crippen molar-refractivity contribution in [2.75, 3.05) is 6.61 Å². The zero-order valence-electron chi connectivity index (χ0n) is 12.3. The van der Waals surface area contributed by atoms with Gasteiger partial charge in [-0.3, -0.25) is 11.3 Å². The van der Waals surface area contributed by atoms with Gasteiger partial charge < -0.3 is 4.74 Å². The zero-order chi connectivity index (χ0) is 14.5. The largest absolute Gasteiger partial charge is 0.373 e. The van der Waals surface area contributed by atoms with Crippen molar-refractivity contribution in [3.63, 3.8) is 0 Å². The van der Waals surface area contributed by atoms with Crippen molar-refractivity contribution in [3.05, 3.63) is 35.1 Å². The second-order valence-electron chi connectivity index (χ2n) is 4.81. The first-order valence-corrected chi connectivity index (χ1v) is 6.90. The van der Waals surface area contributed by atoms with Gasteiger partial charge in [-0.25, -0.2) is 4.39 Å². The number of ether oxygens (including phenoxy) is 1. The van der Waals surface area contributed by atoms with Gasteiger partial charge in [-0.15, -0.1) is 0 Å². The standard InChI is InChI=1S/C15H25FN2O/c1-5-15(6-2,19-7-3)14(18-17)12-8-9-13(16)11(4)10-12/h8-10,14,18H,5-7,17H2,1-4H3. The molecular weight excluding hydrogens is 243 g/mol. The van der Waals surface area contributed by atoms with E-state index in [-0.39, 0.29) is 17.5 Å². The topological polar surface area (TPSA) is 47.3 Å². The fourth-order valence-electron chi connectivity index (χ4n) is 2.63. The Morgan fingerprint density at radius 3 is 2.37 bits per heavy atom. The number of benzene rings is 1. The van der Waals surface area contributed by atoms with Gasteiger partial charge in [-0.2, -0.15) is 0 Å². The highest BCUT2D eigenvalue weighted by Gasteiger charge is 2.37. The second-order valence-corrected chi connectivity index (χ2v) is 4.81. The van der Waals surface area contributed by atoms with E-state index in [1.54, 1.807) is 13.0 Å². The minimum Gasteiger partial charge on any atom is -0.373 e. The molecule has 3 nitrogen and oxygen atoms in total. The molecule has 0 saturated heterocycles. The molecule has 108 valence electrons. The van der Waals surface area contributed by atoms with Crippen molar-refractivity contribution >= 4 is 0 Å². The van der Waals surface area contributed by atoms with Crippen LogP contribution in [-0.2, 0) is 4.74 Å². The number of hydrogen-bond donors (Lipinski definition) is 2. The Kier molecular flexibility index (Phi) is 5.91. The van der Waals surface area contributed by atoms with Crippen LogP contribution in [0.2, 0.25) is 0 Å². The lowest BCUT2D eigenvalue weighted by molar-refractivity contribution is -0.0734. The fourth-order valence-corrected chi connectivity index (χ4v) is 2.63. The van der Waals surface area contributed by atoms with E-state index in [0.717, 1.165) is 18.4 Å². The van der Waals surface area contributed by atoms with Gasteiger partial charge in [0.15, 0.2) is 0 Å². The van der Waals surface area contributed by atoms with E-state index in [9.17, 15) is 4.39 Å². The van der Waals surface area contributed by atoms with Crippen molar-refractivity contribution in [2.45, 2.75) is 52.2 Å². The molecule has 0 saturated carbocycles. The van der Waals surface area contributed by atoms with Crippen LogP contribution in [0.4, 0.5) is 4.39 Å². The molecule has 0 spiro atoms. The normalized spacial score (nSPS) is 13.6. The molecule has 3 N–H and O–H groups in total. The van der Waals surface area contributed by atoms with Crippen LogP contribution in [0.15, 0.2) is 18.2 Å². The average Bonchev–Trinajstić information content (AvgIpc) is 2.42. The monoisotopic (exact) mass is 268 g/mol. The van der Waals surface area contributed by atoms with Gasteiger partial charge in [0.05, 0.1) is 11.6 Å². The van der Waals surface area contributed by atoms with Crippen molar-refractivity contribution in [2.24, 2.45) is 5.84 Å². The summed E-state index contributed by atoms with van der Waals surface area (Å²) in [4.78, 5) is 0. The molecule has 1 rings (SSSR count). The van der Waals surface area contributed by atoms with Crippen molar-refractivity contribution in [3.8, 4) is 0 Å². The highest BCUT2D eigenvalue weighted by molar-refractivity contribution is 5.28. The summed E-state index contributed by atoms with van der Waals surface area (Å²) in [5.74, 6) is 5.54. The summed E-state index contributed by atoms with van der Waals surface area (Å²) >= 11 is 0. The Morgan fingerprint density at radius 2 is 1.95 bits per heavy atom. The van der Waals surface area contributed by atoms with Crippen LogP contribution in [0, 0.1) is 12.7 Å². The van der Waals surface area contributed by atoms with Crippen LogP contribution in [0.3, 0.4) is 0 Å². The average molecular weight is 268 g/mol. The minimum absolute atomic E-state index is 0.151. The number of aryl methyl sites for hydroxylation is 1. The molecular formula is C15H25FN2O. The molecule has 1 aromatic rings. The van der Waals surface area contributed by atoms with Crippen LogP contribution < -0.4 is 11.3 Å².